The Morgan fingerprint density at radius 2 is 1.85 bits per heavy atom. The first-order chi connectivity index (χ1) is 12.1. The van der Waals surface area contributed by atoms with Gasteiger partial charge in [-0.1, -0.05) is 36.9 Å². The molecule has 0 unspecified atom stereocenters. The number of piperidine rings is 1. The van der Waals surface area contributed by atoms with Crippen molar-refractivity contribution in [2.45, 2.75) is 58.5 Å². The lowest BCUT2D eigenvalue weighted by Crippen LogP contribution is -2.57. The van der Waals surface area contributed by atoms with Crippen LogP contribution in [0.4, 0.5) is 0 Å². The molecule has 0 radical (unpaired) electrons. The third-order valence-corrected chi connectivity index (χ3v) is 5.01. The molecule has 140 valence electrons. The van der Waals surface area contributed by atoms with Crippen LogP contribution in [-0.4, -0.2) is 16.8 Å². The number of benzene rings is 1. The number of hydrogen-bond acceptors (Lipinski definition) is 3. The lowest BCUT2D eigenvalue weighted by Gasteiger charge is -2.45. The molecule has 1 aromatic rings. The monoisotopic (exact) mass is 351 g/mol. The molecule has 1 saturated heterocycles. The van der Waals surface area contributed by atoms with Crippen molar-refractivity contribution in [1.29, 1.82) is 5.41 Å². The van der Waals surface area contributed by atoms with Gasteiger partial charge < -0.3 is 16.5 Å². The first-order valence-corrected chi connectivity index (χ1v) is 9.29. The zero-order chi connectivity index (χ0) is 19.5. The molecule has 3 nitrogen and oxygen atoms in total. The van der Waals surface area contributed by atoms with Crippen LogP contribution in [0, 0.1) is 18.3 Å². The molecular weight excluding hydrogens is 318 g/mol. The molecule has 0 spiro atoms. The molecule has 2 rings (SSSR count). The molecule has 4 N–H and O–H groups in total. The van der Waals surface area contributed by atoms with E-state index in [4.69, 9.17) is 11.1 Å². The van der Waals surface area contributed by atoms with Crippen LogP contribution in [-0.2, 0) is 0 Å². The summed E-state index contributed by atoms with van der Waals surface area (Å²) >= 11 is 0. The minimum absolute atomic E-state index is 0.117. The van der Waals surface area contributed by atoms with Crippen LogP contribution in [0.25, 0.3) is 5.57 Å². The summed E-state index contributed by atoms with van der Waals surface area (Å²) in [5.41, 5.74) is 10.4. The van der Waals surface area contributed by atoms with Crippen molar-refractivity contribution < 1.29 is 0 Å². The van der Waals surface area contributed by atoms with Gasteiger partial charge in [0.05, 0.1) is 5.71 Å². The second kappa shape index (κ2) is 7.63. The summed E-state index contributed by atoms with van der Waals surface area (Å²) in [6, 6.07) is 6.07. The first kappa shape index (κ1) is 20.2. The summed E-state index contributed by atoms with van der Waals surface area (Å²) in [6.45, 7) is 14.9. The Bertz CT molecular complexity index is 735. The lowest BCUT2D eigenvalue weighted by atomic mass is 9.75. The highest BCUT2D eigenvalue weighted by Gasteiger charge is 2.36. The first-order valence-electron chi connectivity index (χ1n) is 9.29. The largest absolute Gasteiger partial charge is 0.404 e. The van der Waals surface area contributed by atoms with Gasteiger partial charge in [-0.2, -0.15) is 0 Å². The van der Waals surface area contributed by atoms with Crippen LogP contribution >= 0.6 is 0 Å². The van der Waals surface area contributed by atoms with Crippen LogP contribution < -0.4 is 11.1 Å². The van der Waals surface area contributed by atoms with Crippen molar-refractivity contribution in [3.05, 3.63) is 65.9 Å². The van der Waals surface area contributed by atoms with Crippen LogP contribution in [0.5, 0.6) is 0 Å². The SMILES string of the molecule is C=C/C(=C\N)c1ccc(C(=N)/C=C\C2CC(C)(C)NC(C)(C)C2)c(C)c1. The van der Waals surface area contributed by atoms with E-state index in [1.54, 1.807) is 12.3 Å². The average Bonchev–Trinajstić information content (AvgIpc) is 2.51. The third kappa shape index (κ3) is 4.95. The molecule has 1 heterocycles. The van der Waals surface area contributed by atoms with Gasteiger partial charge in [0.1, 0.15) is 0 Å². The van der Waals surface area contributed by atoms with E-state index in [1.807, 2.05) is 25.1 Å². The van der Waals surface area contributed by atoms with Crippen molar-refractivity contribution in [2.75, 3.05) is 0 Å². The van der Waals surface area contributed by atoms with E-state index in [-0.39, 0.29) is 11.1 Å². The predicted molar refractivity (Wildman–Crippen MR) is 114 cm³/mol. The summed E-state index contributed by atoms with van der Waals surface area (Å²) in [6.07, 6.45) is 9.67. The van der Waals surface area contributed by atoms with Crippen LogP contribution in [0.2, 0.25) is 0 Å². The van der Waals surface area contributed by atoms with Gasteiger partial charge in [0, 0.05) is 22.8 Å². The molecule has 0 aromatic heterocycles. The molecule has 26 heavy (non-hydrogen) atoms. The van der Waals surface area contributed by atoms with E-state index in [0.717, 1.165) is 35.1 Å². The van der Waals surface area contributed by atoms with E-state index >= 15 is 0 Å². The van der Waals surface area contributed by atoms with Gasteiger partial charge in [-0.05, 0) is 76.2 Å². The van der Waals surface area contributed by atoms with Gasteiger partial charge in [-0.25, -0.2) is 0 Å². The molecule has 0 saturated carbocycles. The predicted octanol–water partition coefficient (Wildman–Crippen LogP) is 4.96. The number of rotatable bonds is 5. The fourth-order valence-corrected chi connectivity index (χ4v) is 4.29. The number of hydrogen-bond donors (Lipinski definition) is 3. The Kier molecular flexibility index (Phi) is 5.92. The average molecular weight is 352 g/mol. The molecule has 0 aliphatic carbocycles. The van der Waals surface area contributed by atoms with Gasteiger partial charge in [0.25, 0.3) is 0 Å². The Balaban J connectivity index is 2.17. The fourth-order valence-electron chi connectivity index (χ4n) is 4.29. The van der Waals surface area contributed by atoms with Gasteiger partial charge >= 0.3 is 0 Å². The molecule has 3 heteroatoms. The summed E-state index contributed by atoms with van der Waals surface area (Å²) in [5, 5.41) is 12.2. The summed E-state index contributed by atoms with van der Waals surface area (Å²) in [5.74, 6) is 0.480. The molecule has 1 aliphatic heterocycles. The Hall–Kier alpha value is -2.13. The topological polar surface area (TPSA) is 61.9 Å². The van der Waals surface area contributed by atoms with Crippen molar-refractivity contribution in [1.82, 2.24) is 5.32 Å². The van der Waals surface area contributed by atoms with Gasteiger partial charge in [-0.15, -0.1) is 0 Å². The minimum atomic E-state index is 0.117. The van der Waals surface area contributed by atoms with E-state index in [2.05, 4.69) is 51.7 Å². The normalized spacial score (nSPS) is 20.3. The molecule has 0 amide bonds. The smallest absolute Gasteiger partial charge is 0.0611 e. The van der Waals surface area contributed by atoms with E-state index < -0.39 is 0 Å². The molecule has 1 fully saturated rings. The second-order valence-electron chi connectivity index (χ2n) is 8.69. The zero-order valence-electron chi connectivity index (χ0n) is 16.8. The van der Waals surface area contributed by atoms with Crippen molar-refractivity contribution >= 4 is 11.3 Å². The second-order valence-corrected chi connectivity index (χ2v) is 8.69. The van der Waals surface area contributed by atoms with Crippen molar-refractivity contribution in [3.63, 3.8) is 0 Å². The highest BCUT2D eigenvalue weighted by Crippen LogP contribution is 2.33. The summed E-state index contributed by atoms with van der Waals surface area (Å²) in [4.78, 5) is 0. The van der Waals surface area contributed by atoms with Gasteiger partial charge in [0.15, 0.2) is 0 Å². The molecule has 1 aliphatic rings. The van der Waals surface area contributed by atoms with Gasteiger partial charge in [-0.3, -0.25) is 0 Å². The maximum Gasteiger partial charge on any atom is 0.0611 e. The maximum atomic E-state index is 8.49. The number of allylic oxidation sites excluding steroid dienone is 4. The highest BCUT2D eigenvalue weighted by atomic mass is 15.0. The Morgan fingerprint density at radius 1 is 1.23 bits per heavy atom. The highest BCUT2D eigenvalue weighted by molar-refractivity contribution is 6.07. The third-order valence-electron chi connectivity index (χ3n) is 5.01. The zero-order valence-corrected chi connectivity index (χ0v) is 16.8. The van der Waals surface area contributed by atoms with Crippen LogP contribution in [0.3, 0.4) is 0 Å². The van der Waals surface area contributed by atoms with Crippen molar-refractivity contribution in [2.24, 2.45) is 11.7 Å². The van der Waals surface area contributed by atoms with Crippen LogP contribution in [0.1, 0.15) is 57.2 Å². The molecular formula is C23H33N3. The fraction of sp³-hybridized carbons (Fsp3) is 0.435. The molecule has 0 bridgehead atoms. The van der Waals surface area contributed by atoms with E-state index in [0.29, 0.717) is 11.6 Å². The minimum Gasteiger partial charge on any atom is -0.404 e. The summed E-state index contributed by atoms with van der Waals surface area (Å²) in [7, 11) is 0. The Labute approximate surface area is 158 Å². The van der Waals surface area contributed by atoms with E-state index in [1.165, 1.54) is 0 Å². The number of nitrogens with one attached hydrogen (secondary N) is 2. The van der Waals surface area contributed by atoms with Gasteiger partial charge in [0.2, 0.25) is 0 Å². The van der Waals surface area contributed by atoms with Crippen LogP contribution in [0.15, 0.2) is 49.2 Å². The van der Waals surface area contributed by atoms with Crippen molar-refractivity contribution in [3.8, 4) is 0 Å². The number of aryl methyl sites for hydroxylation is 1. The van der Waals surface area contributed by atoms with E-state index in [9.17, 15) is 0 Å². The standard InChI is InChI=1S/C23H33N3/c1-7-18(15-24)19-9-10-20(16(2)12-19)21(25)11-8-17-13-22(3,4)26-23(5,6)14-17/h7-12,15,17,25-26H,1,13-14,24H2,2-6H3/b11-8-,18-15+,25-21?. The Morgan fingerprint density at radius 3 is 2.35 bits per heavy atom. The lowest BCUT2D eigenvalue weighted by molar-refractivity contribution is 0.150. The summed E-state index contributed by atoms with van der Waals surface area (Å²) < 4.78 is 0. The molecule has 0 atom stereocenters. The quantitative estimate of drug-likeness (QED) is 0.518. The number of nitrogens with two attached hydrogens (primary N) is 1. The maximum absolute atomic E-state index is 8.49. The molecule has 1 aromatic carbocycles.